The van der Waals surface area contributed by atoms with Crippen LogP contribution in [0.15, 0.2) is 158 Å². The van der Waals surface area contributed by atoms with Crippen molar-refractivity contribution in [2.75, 3.05) is 0 Å². The van der Waals surface area contributed by atoms with Gasteiger partial charge < -0.3 is 4.74 Å². The summed E-state index contributed by atoms with van der Waals surface area (Å²) in [5.41, 5.74) is 17.4. The highest BCUT2D eigenvalue weighted by atomic mass is 16.5. The molecule has 7 aromatic rings. The van der Waals surface area contributed by atoms with E-state index in [1.54, 1.807) is 0 Å². The maximum absolute atomic E-state index is 6.72. The first kappa shape index (κ1) is 26.5. The Morgan fingerprint density at radius 1 is 0.362 bits per heavy atom. The summed E-state index contributed by atoms with van der Waals surface area (Å²) in [6.45, 7) is 4.71. The summed E-state index contributed by atoms with van der Waals surface area (Å²) >= 11 is 0. The molecule has 1 heteroatoms. The first-order valence-electron chi connectivity index (χ1n) is 16.5. The minimum Gasteiger partial charge on any atom is -0.457 e. The Morgan fingerprint density at radius 3 is 1.60 bits per heavy atom. The number of para-hydroxylation sites is 1. The fourth-order valence-electron chi connectivity index (χ4n) is 8.97. The summed E-state index contributed by atoms with van der Waals surface area (Å²) in [7, 11) is 0. The summed E-state index contributed by atoms with van der Waals surface area (Å²) in [5.74, 6) is 1.83. The zero-order valence-electron chi connectivity index (χ0n) is 26.4. The van der Waals surface area contributed by atoms with Crippen molar-refractivity contribution in [3.63, 3.8) is 0 Å². The zero-order chi connectivity index (χ0) is 31.3. The molecule has 0 radical (unpaired) electrons. The molecular formula is C46H32O. The van der Waals surface area contributed by atoms with Crippen LogP contribution in [-0.2, 0) is 10.8 Å². The lowest BCUT2D eigenvalue weighted by Crippen LogP contribution is -2.32. The van der Waals surface area contributed by atoms with Gasteiger partial charge in [-0.2, -0.15) is 0 Å². The molecule has 0 bridgehead atoms. The summed E-state index contributed by atoms with van der Waals surface area (Å²) < 4.78 is 6.72. The van der Waals surface area contributed by atoms with Crippen molar-refractivity contribution >= 4 is 0 Å². The molecule has 0 atom stereocenters. The first-order valence-corrected chi connectivity index (χ1v) is 16.5. The topological polar surface area (TPSA) is 9.23 Å². The molecule has 0 saturated heterocycles. The Labute approximate surface area is 275 Å². The Bertz CT molecular complexity index is 2380. The fraction of sp³-hybridized carbons (Fsp3) is 0.0870. The minimum atomic E-state index is -0.487. The molecule has 222 valence electrons. The van der Waals surface area contributed by atoms with Crippen LogP contribution in [0.25, 0.3) is 44.5 Å². The van der Waals surface area contributed by atoms with Crippen LogP contribution in [0, 0.1) is 0 Å². The average Bonchev–Trinajstić information content (AvgIpc) is 3.55. The SMILES string of the molecule is CC1(C)c2ccccc2-c2c(-c3ccccc3-c3ccc4c(c3)C3(c5ccccc5O4)c4ccccc4-c4ccccc43)cccc21. The van der Waals surface area contributed by atoms with Gasteiger partial charge in [0.1, 0.15) is 11.5 Å². The quantitative estimate of drug-likeness (QED) is 0.192. The Balaban J connectivity index is 1.24. The number of rotatable bonds is 2. The fourth-order valence-corrected chi connectivity index (χ4v) is 8.97. The largest absolute Gasteiger partial charge is 0.457 e. The lowest BCUT2D eigenvalue weighted by molar-refractivity contribution is 0.436. The van der Waals surface area contributed by atoms with E-state index < -0.39 is 5.41 Å². The van der Waals surface area contributed by atoms with Gasteiger partial charge >= 0.3 is 0 Å². The maximum atomic E-state index is 6.72. The number of hydrogen-bond donors (Lipinski definition) is 0. The van der Waals surface area contributed by atoms with E-state index in [0.717, 1.165) is 11.5 Å². The third-order valence-electron chi connectivity index (χ3n) is 11.0. The molecule has 47 heavy (non-hydrogen) atoms. The van der Waals surface area contributed by atoms with Crippen LogP contribution in [0.5, 0.6) is 11.5 Å². The molecular weight excluding hydrogens is 569 g/mol. The maximum Gasteiger partial charge on any atom is 0.132 e. The van der Waals surface area contributed by atoms with E-state index >= 15 is 0 Å². The molecule has 0 N–H and O–H groups in total. The zero-order valence-corrected chi connectivity index (χ0v) is 26.4. The summed E-state index contributed by atoms with van der Waals surface area (Å²) in [6.07, 6.45) is 0. The monoisotopic (exact) mass is 600 g/mol. The third kappa shape index (κ3) is 3.39. The van der Waals surface area contributed by atoms with Crippen molar-refractivity contribution in [3.8, 4) is 56.0 Å². The second-order valence-corrected chi connectivity index (χ2v) is 13.6. The van der Waals surface area contributed by atoms with Crippen LogP contribution < -0.4 is 4.74 Å². The van der Waals surface area contributed by atoms with Crippen molar-refractivity contribution in [1.82, 2.24) is 0 Å². The van der Waals surface area contributed by atoms with Gasteiger partial charge in [-0.25, -0.2) is 0 Å². The molecule has 1 nitrogen and oxygen atoms in total. The average molecular weight is 601 g/mol. The lowest BCUT2D eigenvalue weighted by Gasteiger charge is -2.39. The standard InChI is InChI=1S/C46H32O/c1-45(2)36-20-8-7-18-35(36)44-34(19-13-24-40(44)45)31-15-4-3-14-30(31)29-26-27-43-41(28-29)46(39-23-11-12-25-42(39)47-43)37-21-9-5-16-32(37)33-17-6-10-22-38(33)46/h3-28H,1-2H3. The van der Waals surface area contributed by atoms with Gasteiger partial charge in [0.2, 0.25) is 0 Å². The van der Waals surface area contributed by atoms with Crippen LogP contribution in [0.1, 0.15) is 47.2 Å². The normalized spacial score (nSPS) is 15.1. The van der Waals surface area contributed by atoms with E-state index in [2.05, 4.69) is 172 Å². The highest BCUT2D eigenvalue weighted by Crippen LogP contribution is 2.62. The van der Waals surface area contributed by atoms with Crippen molar-refractivity contribution in [2.24, 2.45) is 0 Å². The smallest absolute Gasteiger partial charge is 0.132 e. The third-order valence-corrected chi connectivity index (χ3v) is 11.0. The van der Waals surface area contributed by atoms with Crippen molar-refractivity contribution in [2.45, 2.75) is 24.7 Å². The van der Waals surface area contributed by atoms with Gasteiger partial charge in [-0.15, -0.1) is 0 Å². The molecule has 0 aromatic heterocycles. The molecule has 3 aliphatic rings. The van der Waals surface area contributed by atoms with Gasteiger partial charge in [-0.05, 0) is 85.0 Å². The number of fused-ring (bicyclic) bond motifs is 12. The second kappa shape index (κ2) is 9.44. The predicted molar refractivity (Wildman–Crippen MR) is 192 cm³/mol. The van der Waals surface area contributed by atoms with Gasteiger partial charge in [-0.3, -0.25) is 0 Å². The predicted octanol–water partition coefficient (Wildman–Crippen LogP) is 11.8. The van der Waals surface area contributed by atoms with Gasteiger partial charge in [0.15, 0.2) is 0 Å². The highest BCUT2D eigenvalue weighted by Gasteiger charge is 2.51. The Morgan fingerprint density at radius 2 is 0.872 bits per heavy atom. The molecule has 1 heterocycles. The Kier molecular flexibility index (Phi) is 5.33. The molecule has 0 unspecified atom stereocenters. The van der Waals surface area contributed by atoms with E-state index in [1.807, 2.05) is 0 Å². The summed E-state index contributed by atoms with van der Waals surface area (Å²) in [6, 6.07) is 58.0. The van der Waals surface area contributed by atoms with Crippen molar-refractivity contribution in [3.05, 3.63) is 191 Å². The van der Waals surface area contributed by atoms with E-state index in [1.165, 1.54) is 77.9 Å². The Hall–Kier alpha value is -5.66. The van der Waals surface area contributed by atoms with E-state index in [-0.39, 0.29) is 5.41 Å². The lowest BCUT2D eigenvalue weighted by atomic mass is 9.65. The molecule has 10 rings (SSSR count). The van der Waals surface area contributed by atoms with Gasteiger partial charge in [-0.1, -0.05) is 153 Å². The molecule has 1 spiro atoms. The molecule has 1 aliphatic heterocycles. The molecule has 7 aromatic carbocycles. The molecule has 0 amide bonds. The van der Waals surface area contributed by atoms with Crippen LogP contribution in [0.4, 0.5) is 0 Å². The molecule has 2 aliphatic carbocycles. The van der Waals surface area contributed by atoms with Crippen molar-refractivity contribution < 1.29 is 4.74 Å². The van der Waals surface area contributed by atoms with Gasteiger partial charge in [0, 0.05) is 16.5 Å². The molecule has 0 fully saturated rings. The van der Waals surface area contributed by atoms with Crippen LogP contribution in [0.3, 0.4) is 0 Å². The molecule has 0 saturated carbocycles. The van der Waals surface area contributed by atoms with E-state index in [4.69, 9.17) is 4.74 Å². The van der Waals surface area contributed by atoms with Crippen LogP contribution >= 0.6 is 0 Å². The van der Waals surface area contributed by atoms with Gasteiger partial charge in [0.05, 0.1) is 5.41 Å². The summed E-state index contributed by atoms with van der Waals surface area (Å²) in [5, 5.41) is 0. The number of benzene rings is 7. The number of ether oxygens (including phenoxy) is 1. The minimum absolute atomic E-state index is 0.0525. The summed E-state index contributed by atoms with van der Waals surface area (Å²) in [4.78, 5) is 0. The second-order valence-electron chi connectivity index (χ2n) is 13.6. The first-order chi connectivity index (χ1) is 23.1. The van der Waals surface area contributed by atoms with E-state index in [0.29, 0.717) is 0 Å². The number of hydrogen-bond acceptors (Lipinski definition) is 1. The van der Waals surface area contributed by atoms with Crippen LogP contribution in [0.2, 0.25) is 0 Å². The highest BCUT2D eigenvalue weighted by molar-refractivity contribution is 5.97. The van der Waals surface area contributed by atoms with E-state index in [9.17, 15) is 0 Å². The van der Waals surface area contributed by atoms with Crippen molar-refractivity contribution in [1.29, 1.82) is 0 Å². The van der Waals surface area contributed by atoms with Gasteiger partial charge in [0.25, 0.3) is 0 Å². The van der Waals surface area contributed by atoms with Crippen LogP contribution in [-0.4, -0.2) is 0 Å².